The lowest BCUT2D eigenvalue weighted by Crippen LogP contribution is -2.27. The van der Waals surface area contributed by atoms with E-state index < -0.39 is 10.0 Å². The predicted octanol–water partition coefficient (Wildman–Crippen LogP) is 3.82. The average Bonchev–Trinajstić information content (AvgIpc) is 2.77. The zero-order valence-corrected chi connectivity index (χ0v) is 19.0. The molecule has 0 aromatic heterocycles. The molecule has 3 rings (SSSR count). The summed E-state index contributed by atoms with van der Waals surface area (Å²) in [5.41, 5.74) is 3.86. The first-order chi connectivity index (χ1) is 14.7. The molecule has 1 N–H and O–H groups in total. The van der Waals surface area contributed by atoms with Crippen molar-refractivity contribution in [1.82, 2.24) is 5.32 Å². The molecule has 0 bridgehead atoms. The van der Waals surface area contributed by atoms with Crippen LogP contribution in [0.15, 0.2) is 77.7 Å². The third-order valence-corrected chi connectivity index (χ3v) is 6.81. The fourth-order valence-electron chi connectivity index (χ4n) is 3.11. The van der Waals surface area contributed by atoms with Crippen LogP contribution in [0.4, 0.5) is 11.4 Å². The van der Waals surface area contributed by atoms with E-state index in [1.165, 1.54) is 23.5 Å². The standard InChI is InChI=1S/C24H27N3O3S/c1-18-7-5-9-22(15-18)27(4)31(29,30)23-10-6-8-20(16-23)24(28)25-17-19-11-13-21(14-12-19)26(2)3/h5-16H,17H2,1-4H3,(H,25,28). The maximum atomic E-state index is 13.1. The highest BCUT2D eigenvalue weighted by Crippen LogP contribution is 2.23. The molecule has 0 atom stereocenters. The Morgan fingerprint density at radius 1 is 0.871 bits per heavy atom. The summed E-state index contributed by atoms with van der Waals surface area (Å²) in [5, 5.41) is 2.85. The topological polar surface area (TPSA) is 69.7 Å². The second kappa shape index (κ2) is 9.22. The lowest BCUT2D eigenvalue weighted by atomic mass is 10.1. The first kappa shape index (κ1) is 22.4. The van der Waals surface area contributed by atoms with Gasteiger partial charge in [-0.05, 0) is 60.5 Å². The number of hydrogen-bond acceptors (Lipinski definition) is 4. The molecule has 0 saturated heterocycles. The highest BCUT2D eigenvalue weighted by atomic mass is 32.2. The van der Waals surface area contributed by atoms with Gasteiger partial charge in [-0.25, -0.2) is 8.42 Å². The Bertz CT molecular complexity index is 1170. The van der Waals surface area contributed by atoms with Crippen LogP contribution in [0.2, 0.25) is 0 Å². The van der Waals surface area contributed by atoms with Crippen LogP contribution in [0.1, 0.15) is 21.5 Å². The highest BCUT2D eigenvalue weighted by molar-refractivity contribution is 7.92. The van der Waals surface area contributed by atoms with Crippen molar-refractivity contribution in [3.63, 3.8) is 0 Å². The summed E-state index contributed by atoms with van der Waals surface area (Å²) in [6.45, 7) is 2.26. The molecule has 0 fully saturated rings. The number of nitrogens with one attached hydrogen (secondary N) is 1. The van der Waals surface area contributed by atoms with E-state index in [-0.39, 0.29) is 10.8 Å². The van der Waals surface area contributed by atoms with Gasteiger partial charge in [-0.2, -0.15) is 0 Å². The van der Waals surface area contributed by atoms with Gasteiger partial charge in [0.2, 0.25) is 0 Å². The van der Waals surface area contributed by atoms with Crippen molar-refractivity contribution in [1.29, 1.82) is 0 Å². The molecule has 7 heteroatoms. The third kappa shape index (κ3) is 5.24. The minimum Gasteiger partial charge on any atom is -0.378 e. The molecule has 3 aromatic rings. The van der Waals surface area contributed by atoms with Crippen molar-refractivity contribution in [2.75, 3.05) is 30.3 Å². The SMILES string of the molecule is Cc1cccc(N(C)S(=O)(=O)c2cccc(C(=O)NCc3ccc(N(C)C)cc3)c2)c1. The Morgan fingerprint density at radius 3 is 2.19 bits per heavy atom. The van der Waals surface area contributed by atoms with Gasteiger partial charge in [0.1, 0.15) is 0 Å². The second-order valence-corrected chi connectivity index (χ2v) is 9.55. The molecule has 162 valence electrons. The van der Waals surface area contributed by atoms with Crippen molar-refractivity contribution >= 4 is 27.3 Å². The van der Waals surface area contributed by atoms with Crippen LogP contribution in [-0.4, -0.2) is 35.5 Å². The first-order valence-corrected chi connectivity index (χ1v) is 11.3. The number of aryl methyl sites for hydroxylation is 1. The maximum absolute atomic E-state index is 13.1. The Labute approximate surface area is 184 Å². The molecular formula is C24H27N3O3S. The number of rotatable bonds is 7. The molecule has 0 radical (unpaired) electrons. The van der Waals surface area contributed by atoms with Gasteiger partial charge in [0.15, 0.2) is 0 Å². The van der Waals surface area contributed by atoms with E-state index in [0.29, 0.717) is 17.8 Å². The molecule has 31 heavy (non-hydrogen) atoms. The van der Waals surface area contributed by atoms with Crippen LogP contribution < -0.4 is 14.5 Å². The fraction of sp³-hybridized carbons (Fsp3) is 0.208. The quantitative estimate of drug-likeness (QED) is 0.610. The van der Waals surface area contributed by atoms with Crippen molar-refractivity contribution < 1.29 is 13.2 Å². The summed E-state index contributed by atoms with van der Waals surface area (Å²) in [7, 11) is 1.64. The molecule has 0 spiro atoms. The summed E-state index contributed by atoms with van der Waals surface area (Å²) in [6, 6.07) is 21.2. The minimum atomic E-state index is -3.80. The molecule has 3 aromatic carbocycles. The van der Waals surface area contributed by atoms with Crippen LogP contribution in [0.25, 0.3) is 0 Å². The summed E-state index contributed by atoms with van der Waals surface area (Å²) >= 11 is 0. The Hall–Kier alpha value is -3.32. The lowest BCUT2D eigenvalue weighted by Gasteiger charge is -2.20. The smallest absolute Gasteiger partial charge is 0.264 e. The van der Waals surface area contributed by atoms with E-state index in [1.54, 1.807) is 24.3 Å². The van der Waals surface area contributed by atoms with Crippen LogP contribution in [0, 0.1) is 6.92 Å². The molecule has 1 amide bonds. The second-order valence-electron chi connectivity index (χ2n) is 7.58. The van der Waals surface area contributed by atoms with E-state index in [2.05, 4.69) is 5.32 Å². The number of benzene rings is 3. The van der Waals surface area contributed by atoms with Gasteiger partial charge in [0, 0.05) is 38.9 Å². The van der Waals surface area contributed by atoms with E-state index in [4.69, 9.17) is 0 Å². The van der Waals surface area contributed by atoms with Crippen molar-refractivity contribution in [2.24, 2.45) is 0 Å². The summed E-state index contributed by atoms with van der Waals surface area (Å²) in [6.07, 6.45) is 0. The molecule has 6 nitrogen and oxygen atoms in total. The number of anilines is 2. The largest absolute Gasteiger partial charge is 0.378 e. The summed E-state index contributed by atoms with van der Waals surface area (Å²) in [4.78, 5) is 14.7. The monoisotopic (exact) mass is 437 g/mol. The zero-order chi connectivity index (χ0) is 22.6. The molecule has 0 aliphatic carbocycles. The van der Waals surface area contributed by atoms with Gasteiger partial charge in [0.25, 0.3) is 15.9 Å². The van der Waals surface area contributed by atoms with Gasteiger partial charge in [-0.15, -0.1) is 0 Å². The number of hydrogen-bond donors (Lipinski definition) is 1. The predicted molar refractivity (Wildman–Crippen MR) is 125 cm³/mol. The number of sulfonamides is 1. The summed E-state index contributed by atoms with van der Waals surface area (Å²) in [5.74, 6) is -0.327. The van der Waals surface area contributed by atoms with Crippen molar-refractivity contribution in [2.45, 2.75) is 18.4 Å². The molecule has 0 unspecified atom stereocenters. The van der Waals surface area contributed by atoms with Gasteiger partial charge >= 0.3 is 0 Å². The molecule has 0 aliphatic rings. The normalized spacial score (nSPS) is 11.1. The van der Waals surface area contributed by atoms with E-state index in [9.17, 15) is 13.2 Å². The maximum Gasteiger partial charge on any atom is 0.264 e. The Morgan fingerprint density at radius 2 is 1.55 bits per heavy atom. The van der Waals surface area contributed by atoms with Gasteiger partial charge < -0.3 is 10.2 Å². The number of nitrogens with zero attached hydrogens (tertiary/aromatic N) is 2. The first-order valence-electron chi connectivity index (χ1n) is 9.88. The van der Waals surface area contributed by atoms with E-state index in [1.807, 2.05) is 62.3 Å². The number of carbonyl (C=O) groups excluding carboxylic acids is 1. The fourth-order valence-corrected chi connectivity index (χ4v) is 4.35. The zero-order valence-electron chi connectivity index (χ0n) is 18.2. The van der Waals surface area contributed by atoms with Crippen molar-refractivity contribution in [3.05, 3.63) is 89.5 Å². The van der Waals surface area contributed by atoms with Gasteiger partial charge in [-0.1, -0.05) is 30.3 Å². The highest BCUT2D eigenvalue weighted by Gasteiger charge is 2.22. The van der Waals surface area contributed by atoms with Gasteiger partial charge in [0.05, 0.1) is 10.6 Å². The van der Waals surface area contributed by atoms with E-state index in [0.717, 1.165) is 16.8 Å². The Balaban J connectivity index is 1.75. The lowest BCUT2D eigenvalue weighted by molar-refractivity contribution is 0.0950. The van der Waals surface area contributed by atoms with Crippen LogP contribution in [0.5, 0.6) is 0 Å². The molecule has 0 saturated carbocycles. The molecule has 0 aliphatic heterocycles. The van der Waals surface area contributed by atoms with E-state index >= 15 is 0 Å². The number of amides is 1. The van der Waals surface area contributed by atoms with Crippen LogP contribution >= 0.6 is 0 Å². The number of carbonyl (C=O) groups is 1. The average molecular weight is 438 g/mol. The van der Waals surface area contributed by atoms with Crippen LogP contribution in [-0.2, 0) is 16.6 Å². The molecule has 0 heterocycles. The van der Waals surface area contributed by atoms with Crippen molar-refractivity contribution in [3.8, 4) is 0 Å². The molecular weight excluding hydrogens is 410 g/mol. The minimum absolute atomic E-state index is 0.0690. The van der Waals surface area contributed by atoms with Crippen LogP contribution in [0.3, 0.4) is 0 Å². The Kier molecular flexibility index (Phi) is 6.65. The third-order valence-electron chi connectivity index (χ3n) is 5.03. The summed E-state index contributed by atoms with van der Waals surface area (Å²) < 4.78 is 27.4. The van der Waals surface area contributed by atoms with Gasteiger partial charge in [-0.3, -0.25) is 9.10 Å².